The summed E-state index contributed by atoms with van der Waals surface area (Å²) in [7, 11) is 1.60. The molecule has 29 heavy (non-hydrogen) atoms. The van der Waals surface area contributed by atoms with Crippen LogP contribution < -0.4 is 20.1 Å². The summed E-state index contributed by atoms with van der Waals surface area (Å²) in [5.74, 6) is 2.06. The molecule has 0 aliphatic heterocycles. The van der Waals surface area contributed by atoms with Crippen LogP contribution in [0.25, 0.3) is 5.82 Å². The first-order valence-electron chi connectivity index (χ1n) is 9.46. The van der Waals surface area contributed by atoms with Gasteiger partial charge in [-0.2, -0.15) is 5.10 Å². The number of nitrogens with one attached hydrogen (secondary N) is 2. The van der Waals surface area contributed by atoms with Gasteiger partial charge < -0.3 is 20.1 Å². The first-order chi connectivity index (χ1) is 14.2. The maximum Gasteiger partial charge on any atom is 0.315 e. The van der Waals surface area contributed by atoms with Crippen molar-refractivity contribution in [2.45, 2.75) is 26.4 Å². The van der Waals surface area contributed by atoms with E-state index in [0.29, 0.717) is 37.0 Å². The minimum atomic E-state index is -0.257. The maximum absolute atomic E-state index is 12.2. The van der Waals surface area contributed by atoms with Gasteiger partial charge in [0.15, 0.2) is 17.3 Å². The third kappa shape index (κ3) is 5.71. The molecular formula is C21H25N5O3. The molecule has 0 fully saturated rings. The Kier molecular flexibility index (Phi) is 7.05. The zero-order valence-electron chi connectivity index (χ0n) is 16.6. The number of hydrogen-bond donors (Lipinski definition) is 2. The Hall–Kier alpha value is -3.55. The Morgan fingerprint density at radius 1 is 1.07 bits per heavy atom. The predicted molar refractivity (Wildman–Crippen MR) is 109 cm³/mol. The van der Waals surface area contributed by atoms with Crippen molar-refractivity contribution < 1.29 is 14.3 Å². The van der Waals surface area contributed by atoms with Gasteiger partial charge in [0.25, 0.3) is 0 Å². The molecule has 0 saturated heterocycles. The van der Waals surface area contributed by atoms with Crippen LogP contribution in [0.15, 0.2) is 55.0 Å². The lowest BCUT2D eigenvalue weighted by Gasteiger charge is -2.12. The highest BCUT2D eigenvalue weighted by Gasteiger charge is 2.07. The molecule has 1 aromatic carbocycles. The van der Waals surface area contributed by atoms with Crippen molar-refractivity contribution in [3.63, 3.8) is 0 Å². The molecule has 8 heteroatoms. The molecule has 8 nitrogen and oxygen atoms in total. The van der Waals surface area contributed by atoms with Gasteiger partial charge in [0, 0.05) is 31.7 Å². The van der Waals surface area contributed by atoms with E-state index in [-0.39, 0.29) is 6.03 Å². The summed E-state index contributed by atoms with van der Waals surface area (Å²) in [6.45, 7) is 3.45. The monoisotopic (exact) mass is 395 g/mol. The van der Waals surface area contributed by atoms with Crippen LogP contribution in [0.2, 0.25) is 0 Å². The van der Waals surface area contributed by atoms with Crippen molar-refractivity contribution in [1.82, 2.24) is 25.4 Å². The van der Waals surface area contributed by atoms with E-state index in [4.69, 9.17) is 9.47 Å². The number of rotatable bonds is 9. The van der Waals surface area contributed by atoms with Crippen LogP contribution in [0.5, 0.6) is 11.5 Å². The zero-order valence-corrected chi connectivity index (χ0v) is 16.6. The van der Waals surface area contributed by atoms with E-state index in [1.54, 1.807) is 24.2 Å². The lowest BCUT2D eigenvalue weighted by Crippen LogP contribution is -2.34. The lowest BCUT2D eigenvalue weighted by atomic mass is 10.2. The number of amides is 2. The van der Waals surface area contributed by atoms with Crippen LogP contribution in [-0.4, -0.2) is 34.5 Å². The summed E-state index contributed by atoms with van der Waals surface area (Å²) in [4.78, 5) is 16.4. The van der Waals surface area contributed by atoms with Crippen LogP contribution in [0.4, 0.5) is 4.79 Å². The van der Waals surface area contributed by atoms with Crippen molar-refractivity contribution in [3.8, 4) is 17.3 Å². The van der Waals surface area contributed by atoms with Crippen LogP contribution in [0.3, 0.4) is 0 Å². The lowest BCUT2D eigenvalue weighted by molar-refractivity contribution is 0.240. The van der Waals surface area contributed by atoms with Gasteiger partial charge in [-0.1, -0.05) is 13.0 Å². The van der Waals surface area contributed by atoms with E-state index in [0.717, 1.165) is 17.5 Å². The second-order valence-corrected chi connectivity index (χ2v) is 6.34. The fourth-order valence-electron chi connectivity index (χ4n) is 2.68. The third-order valence-corrected chi connectivity index (χ3v) is 4.14. The highest BCUT2D eigenvalue weighted by molar-refractivity contribution is 5.73. The summed E-state index contributed by atoms with van der Waals surface area (Å²) < 4.78 is 12.7. The molecular weight excluding hydrogens is 370 g/mol. The summed E-state index contributed by atoms with van der Waals surface area (Å²) in [5, 5.41) is 9.85. The number of benzene rings is 1. The van der Waals surface area contributed by atoms with Gasteiger partial charge in [0.2, 0.25) is 0 Å². The molecule has 0 aliphatic rings. The molecule has 0 aliphatic carbocycles. The smallest absolute Gasteiger partial charge is 0.315 e. The van der Waals surface area contributed by atoms with Crippen LogP contribution in [0.1, 0.15) is 24.5 Å². The second-order valence-electron chi connectivity index (χ2n) is 6.34. The Labute approximate surface area is 169 Å². The van der Waals surface area contributed by atoms with E-state index in [1.807, 2.05) is 49.5 Å². The zero-order chi connectivity index (χ0) is 20.5. The Morgan fingerprint density at radius 2 is 1.86 bits per heavy atom. The van der Waals surface area contributed by atoms with Crippen LogP contribution >= 0.6 is 0 Å². The number of methoxy groups -OCH3 is 1. The third-order valence-electron chi connectivity index (χ3n) is 4.14. The largest absolute Gasteiger partial charge is 0.493 e. The summed E-state index contributed by atoms with van der Waals surface area (Å²) in [6.07, 6.45) is 6.13. The predicted octanol–water partition coefficient (Wildman–Crippen LogP) is 3.06. The topological polar surface area (TPSA) is 90.3 Å². The van der Waals surface area contributed by atoms with Gasteiger partial charge in [-0.3, -0.25) is 0 Å². The molecule has 0 radical (unpaired) electrons. The summed E-state index contributed by atoms with van der Waals surface area (Å²) >= 11 is 0. The number of nitrogens with zero attached hydrogens (tertiary/aromatic N) is 3. The summed E-state index contributed by atoms with van der Waals surface area (Å²) in [5.41, 5.74) is 1.85. The minimum Gasteiger partial charge on any atom is -0.493 e. The van der Waals surface area contributed by atoms with Crippen molar-refractivity contribution in [2.24, 2.45) is 0 Å². The fourth-order valence-corrected chi connectivity index (χ4v) is 2.68. The second kappa shape index (κ2) is 10.1. The first kappa shape index (κ1) is 20.2. The van der Waals surface area contributed by atoms with Gasteiger partial charge >= 0.3 is 6.03 Å². The molecule has 3 aromatic rings. The van der Waals surface area contributed by atoms with Crippen molar-refractivity contribution in [1.29, 1.82) is 0 Å². The van der Waals surface area contributed by atoms with Crippen molar-refractivity contribution in [3.05, 3.63) is 66.1 Å². The van der Waals surface area contributed by atoms with Gasteiger partial charge in [-0.25, -0.2) is 14.5 Å². The average Bonchev–Trinajstić information content (AvgIpc) is 3.30. The number of carbonyl (C=O) groups is 1. The van der Waals surface area contributed by atoms with Crippen LogP contribution in [-0.2, 0) is 13.1 Å². The molecule has 2 amide bonds. The fraction of sp³-hybridized carbons (Fsp3) is 0.286. The highest BCUT2D eigenvalue weighted by atomic mass is 16.5. The van der Waals surface area contributed by atoms with Gasteiger partial charge in [-0.15, -0.1) is 0 Å². The molecule has 0 spiro atoms. The van der Waals surface area contributed by atoms with Gasteiger partial charge in [0.1, 0.15) is 0 Å². The molecule has 0 unspecified atom stereocenters. The summed E-state index contributed by atoms with van der Waals surface area (Å²) in [6, 6.07) is 10.9. The minimum absolute atomic E-state index is 0.257. The Morgan fingerprint density at radius 3 is 2.55 bits per heavy atom. The molecule has 0 bridgehead atoms. The van der Waals surface area contributed by atoms with Gasteiger partial charge in [0.05, 0.1) is 13.7 Å². The van der Waals surface area contributed by atoms with Crippen LogP contribution in [0, 0.1) is 0 Å². The van der Waals surface area contributed by atoms with E-state index in [1.165, 1.54) is 0 Å². The highest BCUT2D eigenvalue weighted by Crippen LogP contribution is 2.28. The molecule has 2 heterocycles. The molecule has 3 rings (SSSR count). The number of urea groups is 1. The molecule has 2 aromatic heterocycles. The maximum atomic E-state index is 12.2. The SMILES string of the molecule is CCCOc1ccc(CNC(=O)NCc2ccnc(-n3cccn3)c2)cc1OC. The van der Waals surface area contributed by atoms with Gasteiger partial charge in [-0.05, 0) is 47.9 Å². The molecule has 2 N–H and O–H groups in total. The Balaban J connectivity index is 1.51. The number of ether oxygens (including phenoxy) is 2. The number of carbonyl (C=O) groups excluding carboxylic acids is 1. The van der Waals surface area contributed by atoms with E-state index in [9.17, 15) is 4.79 Å². The number of hydrogen-bond acceptors (Lipinski definition) is 5. The van der Waals surface area contributed by atoms with Crippen molar-refractivity contribution >= 4 is 6.03 Å². The van der Waals surface area contributed by atoms with E-state index >= 15 is 0 Å². The van der Waals surface area contributed by atoms with E-state index in [2.05, 4.69) is 20.7 Å². The number of aromatic nitrogens is 3. The molecule has 0 atom stereocenters. The average molecular weight is 395 g/mol. The normalized spacial score (nSPS) is 10.4. The number of pyridine rings is 1. The standard InChI is InChI=1S/C21H25N5O3/c1-3-11-29-18-6-5-16(12-19(18)28-2)14-23-21(27)24-15-17-7-9-22-20(13-17)26-10-4-8-25-26/h4-10,12-13H,3,11,14-15H2,1-2H3,(H2,23,24,27). The molecule has 152 valence electrons. The first-order valence-corrected chi connectivity index (χ1v) is 9.46. The molecule has 0 saturated carbocycles. The van der Waals surface area contributed by atoms with Crippen molar-refractivity contribution in [2.75, 3.05) is 13.7 Å². The Bertz CT molecular complexity index is 928. The quantitative estimate of drug-likeness (QED) is 0.581. The van der Waals surface area contributed by atoms with E-state index < -0.39 is 0 Å².